The fourth-order valence-electron chi connectivity index (χ4n) is 7.42. The molecule has 0 unspecified atom stereocenters. The molecule has 258 valence electrons. The molecule has 9 rings (SSSR count). The van der Waals surface area contributed by atoms with Gasteiger partial charge in [-0.05, 0) is 24.0 Å². The number of hydrogen-bond acceptors (Lipinski definition) is 0. The Labute approximate surface area is 323 Å². The Kier molecular flexibility index (Phi) is 11.9. The van der Waals surface area contributed by atoms with E-state index in [0.29, 0.717) is 0 Å². The zero-order chi connectivity index (χ0) is 35.9. The van der Waals surface area contributed by atoms with Crippen LogP contribution in [-0.2, 0) is 31.7 Å². The first-order valence-electron chi connectivity index (χ1n) is 18.3. The first-order valence-corrected chi connectivity index (χ1v) is 25.8. The molecule has 52 heavy (non-hydrogen) atoms. The monoisotopic (exact) mass is 790 g/mol. The van der Waals surface area contributed by atoms with Gasteiger partial charge in [-0.25, -0.2) is 0 Å². The third kappa shape index (κ3) is 7.94. The Hall–Kier alpha value is -4.13. The minimum atomic E-state index is -2.40. The zero-order valence-electron chi connectivity index (χ0n) is 29.8. The van der Waals surface area contributed by atoms with Crippen molar-refractivity contribution in [1.82, 2.24) is 0 Å². The van der Waals surface area contributed by atoms with Gasteiger partial charge in [0.1, 0.15) is 0 Å². The summed E-state index contributed by atoms with van der Waals surface area (Å²) in [5.41, 5.74) is 13.2. The molecule has 0 nitrogen and oxygen atoms in total. The summed E-state index contributed by atoms with van der Waals surface area (Å²) in [6.07, 6.45) is 4.75. The second kappa shape index (κ2) is 17.1. The summed E-state index contributed by atoms with van der Waals surface area (Å²) in [6, 6.07) is 60.5. The van der Waals surface area contributed by atoms with Gasteiger partial charge in [-0.1, -0.05) is 111 Å². The van der Waals surface area contributed by atoms with Crippen molar-refractivity contribution in [2.24, 2.45) is 0 Å². The standard InChI is InChI=1S/2C18H17.C13H8.2ClH.Zr/c2*1-2-7-14-12-16-10-6-11-17(18(16)13-14)15-8-4-3-5-9-15;1-3-7-12-10(5-1)9-11-6-2-4-8-13(11)12;;;/h2*3-6,8-13H,2,7H2,1H3;1-8H;2*1H;/q2*-1;;;;+2/p-2. The molecule has 0 atom stereocenters. The van der Waals surface area contributed by atoms with Crippen molar-refractivity contribution >= 4 is 41.8 Å². The van der Waals surface area contributed by atoms with Crippen LogP contribution in [0.3, 0.4) is 0 Å². The SMILES string of the molecule is CCCc1cc2c(-c3ccccc3)cccc2[cH-]1.CCCc1cc2c(-c3ccccc3)cccc2[cH-]1.[Cl][Zr]([Cl])=[C]1c2ccccc2-c2ccccc21. The summed E-state index contributed by atoms with van der Waals surface area (Å²) in [5.74, 6) is 0. The van der Waals surface area contributed by atoms with Gasteiger partial charge in [0.15, 0.2) is 0 Å². The number of benzene rings is 6. The topological polar surface area (TPSA) is 0 Å². The van der Waals surface area contributed by atoms with Crippen LogP contribution in [0.2, 0.25) is 0 Å². The van der Waals surface area contributed by atoms with Crippen LogP contribution in [0.1, 0.15) is 48.9 Å². The first kappa shape index (κ1) is 36.2. The molecule has 0 fully saturated rings. The molecular formula is C49H42Cl2Zr-2. The third-order valence-electron chi connectivity index (χ3n) is 9.74. The molecule has 1 aliphatic rings. The quantitative estimate of drug-likeness (QED) is 0.147. The van der Waals surface area contributed by atoms with Crippen molar-refractivity contribution in [2.45, 2.75) is 39.5 Å². The van der Waals surface area contributed by atoms with E-state index >= 15 is 0 Å². The van der Waals surface area contributed by atoms with Crippen molar-refractivity contribution in [1.29, 1.82) is 0 Å². The van der Waals surface area contributed by atoms with E-state index in [4.69, 9.17) is 17.0 Å². The van der Waals surface area contributed by atoms with E-state index in [1.165, 1.54) is 106 Å². The van der Waals surface area contributed by atoms with Gasteiger partial charge in [0.05, 0.1) is 0 Å². The van der Waals surface area contributed by atoms with Crippen LogP contribution in [0, 0.1) is 0 Å². The van der Waals surface area contributed by atoms with E-state index in [-0.39, 0.29) is 0 Å². The maximum atomic E-state index is 6.26. The van der Waals surface area contributed by atoms with Crippen LogP contribution < -0.4 is 0 Å². The number of halogens is 2. The molecule has 0 saturated carbocycles. The van der Waals surface area contributed by atoms with Gasteiger partial charge in [0.25, 0.3) is 0 Å². The summed E-state index contributed by atoms with van der Waals surface area (Å²) in [6.45, 7) is 4.46. The molecule has 0 radical (unpaired) electrons. The van der Waals surface area contributed by atoms with E-state index in [2.05, 4.69) is 172 Å². The number of fused-ring (bicyclic) bond motifs is 5. The van der Waals surface area contributed by atoms with Gasteiger partial charge in [-0.3, -0.25) is 0 Å². The molecule has 0 heterocycles. The Morgan fingerprint density at radius 3 is 1.17 bits per heavy atom. The normalized spacial score (nSPS) is 11.3. The predicted octanol–water partition coefficient (Wildman–Crippen LogP) is 14.5. The molecule has 0 bridgehead atoms. The molecular weight excluding hydrogens is 751 g/mol. The Morgan fingerprint density at radius 2 is 0.788 bits per heavy atom. The van der Waals surface area contributed by atoms with Gasteiger partial charge in [0.2, 0.25) is 0 Å². The molecule has 0 saturated heterocycles. The van der Waals surface area contributed by atoms with Gasteiger partial charge < -0.3 is 0 Å². The van der Waals surface area contributed by atoms with E-state index in [1.54, 1.807) is 0 Å². The van der Waals surface area contributed by atoms with Crippen molar-refractivity contribution in [3.8, 4) is 33.4 Å². The van der Waals surface area contributed by atoms with E-state index in [1.807, 2.05) is 12.1 Å². The Bertz CT molecular complexity index is 2280. The molecule has 0 N–H and O–H groups in total. The predicted molar refractivity (Wildman–Crippen MR) is 225 cm³/mol. The second-order valence-corrected chi connectivity index (χ2v) is 21.4. The molecule has 0 aliphatic heterocycles. The van der Waals surface area contributed by atoms with Crippen LogP contribution in [0.4, 0.5) is 0 Å². The van der Waals surface area contributed by atoms with Crippen molar-refractivity contribution in [2.75, 3.05) is 0 Å². The van der Waals surface area contributed by atoms with Crippen molar-refractivity contribution in [3.05, 3.63) is 192 Å². The fraction of sp³-hybridized carbons (Fsp3) is 0.122. The molecule has 3 heteroatoms. The third-order valence-corrected chi connectivity index (χ3v) is 14.2. The maximum absolute atomic E-state index is 6.26. The molecule has 0 amide bonds. The zero-order valence-corrected chi connectivity index (χ0v) is 33.7. The Morgan fingerprint density at radius 1 is 0.423 bits per heavy atom. The van der Waals surface area contributed by atoms with Crippen molar-refractivity contribution < 1.29 is 18.9 Å². The molecule has 8 aromatic carbocycles. The summed E-state index contributed by atoms with van der Waals surface area (Å²) in [7, 11) is 12.5. The van der Waals surface area contributed by atoms with Crippen LogP contribution >= 0.6 is 17.0 Å². The first-order chi connectivity index (χ1) is 25.6. The molecule has 0 aromatic heterocycles. The summed E-state index contributed by atoms with van der Waals surface area (Å²) < 4.78 is 1.22. The van der Waals surface area contributed by atoms with Gasteiger partial charge in [-0.15, -0.1) is 69.1 Å². The molecule has 8 aromatic rings. The van der Waals surface area contributed by atoms with Gasteiger partial charge in [0, 0.05) is 0 Å². The number of aryl methyl sites for hydroxylation is 2. The van der Waals surface area contributed by atoms with Gasteiger partial charge >= 0.3 is 110 Å². The van der Waals surface area contributed by atoms with Crippen LogP contribution in [0.5, 0.6) is 0 Å². The molecule has 0 spiro atoms. The second-order valence-electron chi connectivity index (χ2n) is 13.3. The number of hydrogen-bond donors (Lipinski definition) is 0. The number of rotatable bonds is 6. The average Bonchev–Trinajstić information content (AvgIpc) is 3.89. The van der Waals surface area contributed by atoms with E-state index in [9.17, 15) is 0 Å². The average molecular weight is 793 g/mol. The van der Waals surface area contributed by atoms with E-state index in [0.717, 1.165) is 0 Å². The van der Waals surface area contributed by atoms with E-state index < -0.39 is 18.9 Å². The van der Waals surface area contributed by atoms with Crippen LogP contribution in [-0.4, -0.2) is 3.21 Å². The van der Waals surface area contributed by atoms with Gasteiger partial charge in [-0.2, -0.15) is 12.1 Å². The van der Waals surface area contributed by atoms with Crippen LogP contribution in [0.25, 0.3) is 54.9 Å². The summed E-state index contributed by atoms with van der Waals surface area (Å²) in [5, 5.41) is 5.49. The van der Waals surface area contributed by atoms with Crippen molar-refractivity contribution in [3.63, 3.8) is 0 Å². The summed E-state index contributed by atoms with van der Waals surface area (Å²) in [4.78, 5) is 0. The summed E-state index contributed by atoms with van der Waals surface area (Å²) >= 11 is -2.40. The Balaban J connectivity index is 0.000000122. The minimum absolute atomic E-state index is 1.17. The fourth-order valence-corrected chi connectivity index (χ4v) is 11.9. The molecule has 1 aliphatic carbocycles. The van der Waals surface area contributed by atoms with Crippen LogP contribution in [0.15, 0.2) is 170 Å².